The summed E-state index contributed by atoms with van der Waals surface area (Å²) in [5, 5.41) is 2.71. The molecule has 1 aromatic carbocycles. The summed E-state index contributed by atoms with van der Waals surface area (Å²) in [5.74, 6) is -0.223. The molecule has 0 aliphatic carbocycles. The molecule has 0 bridgehead atoms. The van der Waals surface area contributed by atoms with E-state index in [-0.39, 0.29) is 18.3 Å². The quantitative estimate of drug-likeness (QED) is 0.895. The lowest BCUT2D eigenvalue weighted by molar-refractivity contribution is -0.125. The van der Waals surface area contributed by atoms with Gasteiger partial charge in [0.25, 0.3) is 0 Å². The van der Waals surface area contributed by atoms with Crippen LogP contribution in [-0.4, -0.2) is 12.5 Å². The van der Waals surface area contributed by atoms with Gasteiger partial charge in [-0.1, -0.05) is 52.8 Å². The van der Waals surface area contributed by atoms with E-state index in [1.165, 1.54) is 0 Å². The number of rotatable bonds is 4. The van der Waals surface area contributed by atoms with Gasteiger partial charge < -0.3 is 11.1 Å². The maximum atomic E-state index is 11.9. The second-order valence-corrected chi connectivity index (χ2v) is 4.89. The van der Waals surface area contributed by atoms with Crippen molar-refractivity contribution in [3.63, 3.8) is 0 Å². The molecule has 0 saturated heterocycles. The normalized spacial score (nSPS) is 13.1. The molecule has 1 amide bonds. The number of halogens is 2. The van der Waals surface area contributed by atoms with E-state index in [1.807, 2.05) is 30.3 Å². The summed E-state index contributed by atoms with van der Waals surface area (Å²) in [5.41, 5.74) is 5.77. The van der Waals surface area contributed by atoms with Crippen molar-refractivity contribution < 1.29 is 4.79 Å². The molecule has 0 heterocycles. The third-order valence-corrected chi connectivity index (χ3v) is 2.57. The maximum Gasteiger partial charge on any atom is 0.244 e. The highest BCUT2D eigenvalue weighted by atomic mass is 79.9. The number of benzene rings is 1. The van der Waals surface area contributed by atoms with Crippen molar-refractivity contribution in [2.45, 2.75) is 12.5 Å². The number of carbonyl (C=O) groups excluding carboxylic acids is 1. The Kier molecular flexibility index (Phi) is 6.45. The van der Waals surface area contributed by atoms with Crippen LogP contribution < -0.4 is 11.1 Å². The molecule has 1 aromatic rings. The summed E-state index contributed by atoms with van der Waals surface area (Å²) < 4.78 is 0.713. The highest BCUT2D eigenvalue weighted by Crippen LogP contribution is 2.17. The van der Waals surface area contributed by atoms with E-state index < -0.39 is 5.54 Å². The molecule has 3 N–H and O–H groups in total. The molecule has 0 spiro atoms. The van der Waals surface area contributed by atoms with Crippen molar-refractivity contribution in [2.24, 2.45) is 5.73 Å². The summed E-state index contributed by atoms with van der Waals surface area (Å²) in [6.45, 7) is 5.71. The van der Waals surface area contributed by atoms with Gasteiger partial charge in [-0.25, -0.2) is 0 Å². The van der Waals surface area contributed by atoms with Crippen LogP contribution in [0.5, 0.6) is 0 Å². The number of amides is 1. The highest BCUT2D eigenvalue weighted by Gasteiger charge is 2.29. The summed E-state index contributed by atoms with van der Waals surface area (Å²) in [4.78, 5) is 11.9. The van der Waals surface area contributed by atoms with E-state index in [4.69, 9.17) is 5.73 Å². The molecule has 0 aromatic heterocycles. The molecule has 0 saturated carbocycles. The van der Waals surface area contributed by atoms with E-state index in [0.717, 1.165) is 5.56 Å². The summed E-state index contributed by atoms with van der Waals surface area (Å²) in [7, 11) is 0. The van der Waals surface area contributed by atoms with E-state index in [0.29, 0.717) is 11.0 Å². The van der Waals surface area contributed by atoms with Crippen LogP contribution in [-0.2, 0) is 10.3 Å². The van der Waals surface area contributed by atoms with E-state index in [2.05, 4.69) is 27.8 Å². The van der Waals surface area contributed by atoms with Gasteiger partial charge in [0.15, 0.2) is 0 Å². The first-order valence-corrected chi connectivity index (χ1v) is 5.70. The monoisotopic (exact) mass is 318 g/mol. The first kappa shape index (κ1) is 16.2. The van der Waals surface area contributed by atoms with E-state index >= 15 is 0 Å². The Hall–Kier alpha value is -0.840. The van der Waals surface area contributed by atoms with Gasteiger partial charge in [-0.2, -0.15) is 0 Å². The summed E-state index contributed by atoms with van der Waals surface area (Å²) in [6, 6.07) is 9.27. The molecule has 1 rings (SSSR count). The lowest BCUT2D eigenvalue weighted by Gasteiger charge is -2.23. The zero-order valence-corrected chi connectivity index (χ0v) is 12.0. The van der Waals surface area contributed by atoms with Crippen molar-refractivity contribution >= 4 is 34.2 Å². The predicted octanol–water partition coefficient (Wildman–Crippen LogP) is 2.31. The molecule has 17 heavy (non-hydrogen) atoms. The van der Waals surface area contributed by atoms with Crippen LogP contribution in [0.2, 0.25) is 0 Å². The van der Waals surface area contributed by atoms with Gasteiger partial charge in [-0.05, 0) is 12.5 Å². The number of carbonyl (C=O) groups is 1. The molecule has 0 fully saturated rings. The van der Waals surface area contributed by atoms with Crippen molar-refractivity contribution in [1.82, 2.24) is 5.32 Å². The Labute approximate surface area is 116 Å². The van der Waals surface area contributed by atoms with Gasteiger partial charge in [0.05, 0.1) is 0 Å². The van der Waals surface area contributed by atoms with Crippen LogP contribution in [0.1, 0.15) is 12.5 Å². The molecular formula is C12H16BrClN2O. The minimum atomic E-state index is -1.02. The molecule has 1 atom stereocenters. The first-order chi connectivity index (χ1) is 7.44. The van der Waals surface area contributed by atoms with Gasteiger partial charge in [0.1, 0.15) is 5.54 Å². The van der Waals surface area contributed by atoms with Crippen molar-refractivity contribution in [3.05, 3.63) is 47.0 Å². The summed E-state index contributed by atoms with van der Waals surface area (Å²) >= 11 is 3.18. The first-order valence-electron chi connectivity index (χ1n) is 4.90. The Balaban J connectivity index is 0.00000256. The van der Waals surface area contributed by atoms with Crippen LogP contribution in [0.4, 0.5) is 0 Å². The van der Waals surface area contributed by atoms with E-state index in [9.17, 15) is 4.79 Å². The molecular weight excluding hydrogens is 304 g/mol. The fourth-order valence-electron chi connectivity index (χ4n) is 1.28. The molecule has 1 unspecified atom stereocenters. The average molecular weight is 320 g/mol. The van der Waals surface area contributed by atoms with Gasteiger partial charge in [-0.15, -0.1) is 12.4 Å². The number of nitrogens with one attached hydrogen (secondary N) is 1. The van der Waals surface area contributed by atoms with Crippen molar-refractivity contribution in [1.29, 1.82) is 0 Å². The number of hydrogen-bond acceptors (Lipinski definition) is 2. The van der Waals surface area contributed by atoms with Crippen LogP contribution in [0, 0.1) is 0 Å². The molecule has 3 nitrogen and oxygen atoms in total. The van der Waals surface area contributed by atoms with Crippen LogP contribution in [0.25, 0.3) is 0 Å². The fraction of sp³-hybridized carbons (Fsp3) is 0.250. The fourth-order valence-corrected chi connectivity index (χ4v) is 1.42. The molecule has 0 radical (unpaired) electrons. The minimum absolute atomic E-state index is 0. The maximum absolute atomic E-state index is 11.9. The largest absolute Gasteiger partial charge is 0.350 e. The average Bonchev–Trinajstić information content (AvgIpc) is 2.27. The van der Waals surface area contributed by atoms with E-state index in [1.54, 1.807) is 6.92 Å². The topological polar surface area (TPSA) is 55.1 Å². The zero-order chi connectivity index (χ0) is 12.2. The highest BCUT2D eigenvalue weighted by molar-refractivity contribution is 9.11. The molecule has 94 valence electrons. The van der Waals surface area contributed by atoms with Crippen LogP contribution in [0.15, 0.2) is 41.4 Å². The Morgan fingerprint density at radius 1 is 1.47 bits per heavy atom. The lowest BCUT2D eigenvalue weighted by Crippen LogP contribution is -2.49. The van der Waals surface area contributed by atoms with Gasteiger partial charge in [-0.3, -0.25) is 4.79 Å². The molecule has 5 heteroatoms. The van der Waals surface area contributed by atoms with Gasteiger partial charge in [0.2, 0.25) is 5.91 Å². The Morgan fingerprint density at radius 3 is 2.47 bits per heavy atom. The third kappa shape index (κ3) is 4.50. The minimum Gasteiger partial charge on any atom is -0.350 e. The zero-order valence-electron chi connectivity index (χ0n) is 9.57. The Morgan fingerprint density at radius 2 is 2.00 bits per heavy atom. The predicted molar refractivity (Wildman–Crippen MR) is 76.3 cm³/mol. The van der Waals surface area contributed by atoms with Gasteiger partial charge >= 0.3 is 0 Å². The second-order valence-electron chi connectivity index (χ2n) is 3.77. The van der Waals surface area contributed by atoms with Crippen molar-refractivity contribution in [3.8, 4) is 0 Å². The molecule has 0 aliphatic heterocycles. The SMILES string of the molecule is C=C(Br)CNC(=O)C(C)(N)c1ccccc1.Cl. The summed E-state index contributed by atoms with van der Waals surface area (Å²) in [6.07, 6.45) is 0. The standard InChI is InChI=1S/C12H15BrN2O.ClH/c1-9(13)8-15-11(16)12(2,14)10-6-4-3-5-7-10;/h3-7H,1,8,14H2,2H3,(H,15,16);1H. The van der Waals surface area contributed by atoms with Gasteiger partial charge in [0, 0.05) is 11.0 Å². The van der Waals surface area contributed by atoms with Crippen molar-refractivity contribution in [2.75, 3.05) is 6.54 Å². The third-order valence-electron chi connectivity index (χ3n) is 2.29. The second kappa shape index (κ2) is 6.79. The number of nitrogens with two attached hydrogens (primary N) is 1. The Bertz CT molecular complexity index is 393. The van der Waals surface area contributed by atoms with Crippen LogP contribution in [0.3, 0.4) is 0 Å². The molecule has 0 aliphatic rings. The lowest BCUT2D eigenvalue weighted by atomic mass is 9.92. The smallest absolute Gasteiger partial charge is 0.244 e. The number of hydrogen-bond donors (Lipinski definition) is 2. The van der Waals surface area contributed by atoms with Crippen LogP contribution >= 0.6 is 28.3 Å².